The van der Waals surface area contributed by atoms with Gasteiger partial charge in [0, 0.05) is 18.8 Å². The fraction of sp³-hybridized carbons (Fsp3) is 0.500. The molecule has 2 heterocycles. The molecule has 1 aliphatic rings. The van der Waals surface area contributed by atoms with Crippen molar-refractivity contribution in [1.82, 2.24) is 4.98 Å². The van der Waals surface area contributed by atoms with Crippen molar-refractivity contribution in [1.29, 1.82) is 0 Å². The summed E-state index contributed by atoms with van der Waals surface area (Å²) in [4.78, 5) is 29.0. The molecule has 0 aliphatic carbocycles. The molecule has 1 aromatic heterocycles. The largest absolute Gasteiger partial charge is 0.481 e. The summed E-state index contributed by atoms with van der Waals surface area (Å²) in [5.74, 6) is -0.980. The van der Waals surface area contributed by atoms with Gasteiger partial charge in [-0.1, -0.05) is 0 Å². The molecule has 0 saturated carbocycles. The van der Waals surface area contributed by atoms with Crippen molar-refractivity contribution in [3.05, 3.63) is 22.9 Å². The Morgan fingerprint density at radius 3 is 2.45 bits per heavy atom. The average Bonchev–Trinajstić information content (AvgIpc) is 2.37. The minimum atomic E-state index is -0.756. The van der Waals surface area contributed by atoms with Gasteiger partial charge in [-0.25, -0.2) is 4.98 Å². The first-order valence-corrected chi connectivity index (χ1v) is 6.66. The van der Waals surface area contributed by atoms with Gasteiger partial charge in [-0.05, 0) is 38.3 Å². The summed E-state index contributed by atoms with van der Waals surface area (Å²) >= 11 is 0. The molecule has 0 atom stereocenters. The van der Waals surface area contributed by atoms with Crippen molar-refractivity contribution in [2.75, 3.05) is 18.0 Å². The highest BCUT2D eigenvalue weighted by molar-refractivity contribution is 5.99. The second kappa shape index (κ2) is 5.48. The second-order valence-corrected chi connectivity index (χ2v) is 5.24. The van der Waals surface area contributed by atoms with Crippen LogP contribution in [0, 0.1) is 19.8 Å². The van der Waals surface area contributed by atoms with E-state index in [1.165, 1.54) is 0 Å². The lowest BCUT2D eigenvalue weighted by molar-refractivity contribution is -0.142. The summed E-state index contributed by atoms with van der Waals surface area (Å²) in [7, 11) is 0. The third-order valence-corrected chi connectivity index (χ3v) is 3.72. The Hall–Kier alpha value is -2.11. The van der Waals surface area contributed by atoms with Crippen LogP contribution in [-0.4, -0.2) is 35.1 Å². The summed E-state index contributed by atoms with van der Waals surface area (Å²) in [6.45, 7) is 4.85. The summed E-state index contributed by atoms with van der Waals surface area (Å²) in [5.41, 5.74) is 7.51. The molecule has 20 heavy (non-hydrogen) atoms. The molecule has 0 aromatic carbocycles. The molecule has 6 heteroatoms. The number of carbonyl (C=O) groups excluding carboxylic acids is 1. The predicted molar refractivity (Wildman–Crippen MR) is 74.8 cm³/mol. The van der Waals surface area contributed by atoms with Gasteiger partial charge in [0.25, 0.3) is 5.91 Å². The smallest absolute Gasteiger partial charge is 0.306 e. The standard InChI is InChI=1S/C14H19N3O3/c1-8-7-9(2)16-13(11(8)12(15)18)17-5-3-10(4-6-17)14(19)20/h7,10H,3-6H2,1-2H3,(H2,15,18)(H,19,20). The number of aromatic nitrogens is 1. The molecule has 0 radical (unpaired) electrons. The van der Waals surface area contributed by atoms with Crippen LogP contribution in [-0.2, 0) is 4.79 Å². The SMILES string of the molecule is Cc1cc(C)c(C(N)=O)c(N2CCC(C(=O)O)CC2)n1. The third kappa shape index (κ3) is 2.74. The third-order valence-electron chi connectivity index (χ3n) is 3.72. The van der Waals surface area contributed by atoms with Crippen LogP contribution >= 0.6 is 0 Å². The van der Waals surface area contributed by atoms with Gasteiger partial charge in [0.15, 0.2) is 0 Å². The number of nitrogens with zero attached hydrogens (tertiary/aromatic N) is 2. The number of carboxylic acid groups (broad SMARTS) is 1. The maximum Gasteiger partial charge on any atom is 0.306 e. The quantitative estimate of drug-likeness (QED) is 0.862. The van der Waals surface area contributed by atoms with E-state index < -0.39 is 11.9 Å². The number of aryl methyl sites for hydroxylation is 2. The van der Waals surface area contributed by atoms with Crippen LogP contribution in [0.5, 0.6) is 0 Å². The van der Waals surface area contributed by atoms with Crippen LogP contribution < -0.4 is 10.6 Å². The number of primary amides is 1. The van der Waals surface area contributed by atoms with Gasteiger partial charge in [0.1, 0.15) is 5.82 Å². The van der Waals surface area contributed by atoms with Gasteiger partial charge in [-0.2, -0.15) is 0 Å². The van der Waals surface area contributed by atoms with Crippen LogP contribution in [0.4, 0.5) is 5.82 Å². The topological polar surface area (TPSA) is 96.5 Å². The molecule has 0 unspecified atom stereocenters. The van der Waals surface area contributed by atoms with Crippen LogP contribution in [0.2, 0.25) is 0 Å². The highest BCUT2D eigenvalue weighted by Crippen LogP contribution is 2.27. The van der Waals surface area contributed by atoms with Crippen molar-refractivity contribution in [2.45, 2.75) is 26.7 Å². The first-order valence-electron chi connectivity index (χ1n) is 6.66. The number of aliphatic carboxylic acids is 1. The molecule has 3 N–H and O–H groups in total. The van der Waals surface area contributed by atoms with E-state index in [2.05, 4.69) is 4.98 Å². The minimum Gasteiger partial charge on any atom is -0.481 e. The van der Waals surface area contributed by atoms with Gasteiger partial charge < -0.3 is 15.7 Å². The van der Waals surface area contributed by atoms with E-state index in [1.807, 2.05) is 24.8 Å². The number of rotatable bonds is 3. The first kappa shape index (κ1) is 14.3. The van der Waals surface area contributed by atoms with Crippen molar-refractivity contribution >= 4 is 17.7 Å². The molecule has 6 nitrogen and oxygen atoms in total. The fourth-order valence-corrected chi connectivity index (χ4v) is 2.69. The van der Waals surface area contributed by atoms with E-state index in [0.29, 0.717) is 37.3 Å². The molecule has 0 spiro atoms. The number of carboxylic acids is 1. The lowest BCUT2D eigenvalue weighted by Gasteiger charge is -2.32. The van der Waals surface area contributed by atoms with Crippen LogP contribution in [0.1, 0.15) is 34.5 Å². The van der Waals surface area contributed by atoms with Crippen LogP contribution in [0.15, 0.2) is 6.07 Å². The number of anilines is 1. The van der Waals surface area contributed by atoms with E-state index >= 15 is 0 Å². The summed E-state index contributed by atoms with van der Waals surface area (Å²) < 4.78 is 0. The number of pyridine rings is 1. The Labute approximate surface area is 117 Å². The maximum atomic E-state index is 11.6. The van der Waals surface area contributed by atoms with E-state index in [1.54, 1.807) is 0 Å². The molecule has 1 aliphatic heterocycles. The lowest BCUT2D eigenvalue weighted by Crippen LogP contribution is -2.38. The van der Waals surface area contributed by atoms with Gasteiger partial charge >= 0.3 is 5.97 Å². The molecule has 108 valence electrons. The number of nitrogens with two attached hydrogens (primary N) is 1. The number of hydrogen-bond donors (Lipinski definition) is 2. The molecule has 1 aromatic rings. The Bertz CT molecular complexity index is 549. The van der Waals surface area contributed by atoms with E-state index in [9.17, 15) is 9.59 Å². The Morgan fingerprint density at radius 1 is 1.35 bits per heavy atom. The zero-order valence-corrected chi connectivity index (χ0v) is 11.7. The number of hydrogen-bond acceptors (Lipinski definition) is 4. The summed E-state index contributed by atoms with van der Waals surface area (Å²) in [6, 6.07) is 1.83. The number of piperidine rings is 1. The van der Waals surface area contributed by atoms with Crippen molar-refractivity contribution in [3.8, 4) is 0 Å². The minimum absolute atomic E-state index is 0.311. The summed E-state index contributed by atoms with van der Waals surface area (Å²) in [5, 5.41) is 9.02. The van der Waals surface area contributed by atoms with Gasteiger partial charge in [-0.3, -0.25) is 9.59 Å². The van der Waals surface area contributed by atoms with E-state index in [-0.39, 0.29) is 5.92 Å². The van der Waals surface area contributed by atoms with Gasteiger partial charge in [0.05, 0.1) is 11.5 Å². The molecule has 1 fully saturated rings. The second-order valence-electron chi connectivity index (χ2n) is 5.24. The number of amides is 1. The van der Waals surface area contributed by atoms with E-state index in [0.717, 1.165) is 11.3 Å². The first-order chi connectivity index (χ1) is 9.40. The normalized spacial score (nSPS) is 16.2. The monoisotopic (exact) mass is 277 g/mol. The van der Waals surface area contributed by atoms with Crippen molar-refractivity contribution in [2.24, 2.45) is 11.7 Å². The zero-order valence-electron chi connectivity index (χ0n) is 11.7. The highest BCUT2D eigenvalue weighted by Gasteiger charge is 2.27. The Kier molecular flexibility index (Phi) is 3.92. The van der Waals surface area contributed by atoms with Crippen LogP contribution in [0.25, 0.3) is 0 Å². The fourth-order valence-electron chi connectivity index (χ4n) is 2.69. The number of carbonyl (C=O) groups is 2. The van der Waals surface area contributed by atoms with Crippen molar-refractivity contribution < 1.29 is 14.7 Å². The predicted octanol–water partition coefficient (Wildman–Crippen LogP) is 1.10. The zero-order chi connectivity index (χ0) is 14.9. The molecule has 1 amide bonds. The van der Waals surface area contributed by atoms with E-state index in [4.69, 9.17) is 10.8 Å². The maximum absolute atomic E-state index is 11.6. The highest BCUT2D eigenvalue weighted by atomic mass is 16.4. The van der Waals surface area contributed by atoms with Crippen molar-refractivity contribution in [3.63, 3.8) is 0 Å². The molecule has 2 rings (SSSR count). The van der Waals surface area contributed by atoms with Crippen LogP contribution in [0.3, 0.4) is 0 Å². The lowest BCUT2D eigenvalue weighted by atomic mass is 9.96. The summed E-state index contributed by atoms with van der Waals surface area (Å²) in [6.07, 6.45) is 1.12. The molecular weight excluding hydrogens is 258 g/mol. The Balaban J connectivity index is 2.30. The average molecular weight is 277 g/mol. The Morgan fingerprint density at radius 2 is 1.95 bits per heavy atom. The molecule has 0 bridgehead atoms. The van der Waals surface area contributed by atoms with Gasteiger partial charge in [0.2, 0.25) is 0 Å². The molecular formula is C14H19N3O3. The van der Waals surface area contributed by atoms with Gasteiger partial charge in [-0.15, -0.1) is 0 Å². The molecule has 1 saturated heterocycles.